The number of sulfonamides is 4. The average Bonchev–Trinajstić information content (AvgIpc) is 0.774. The smallest absolute Gasteiger partial charge is 0.409 e. The maximum atomic E-state index is 14.8. The Morgan fingerprint density at radius 3 is 0.870 bits per heavy atom. The van der Waals surface area contributed by atoms with Gasteiger partial charge in [-0.25, -0.2) is 114 Å². The molecule has 5 aliphatic rings. The van der Waals surface area contributed by atoms with Crippen LogP contribution in [-0.4, -0.2) is 313 Å². The second-order valence-corrected chi connectivity index (χ2v) is 38.4. The van der Waals surface area contributed by atoms with Gasteiger partial charge in [0.2, 0.25) is 40.1 Å². The van der Waals surface area contributed by atoms with Gasteiger partial charge in [-0.2, -0.15) is 17.2 Å². The van der Waals surface area contributed by atoms with E-state index in [-0.39, 0.29) is 101 Å². The summed E-state index contributed by atoms with van der Waals surface area (Å²) >= 11 is 11.6. The molecular formula is C82H86Cl2F10N14O26S4. The van der Waals surface area contributed by atoms with Crippen molar-refractivity contribution in [3.8, 4) is 46.0 Å². The molecule has 40 nitrogen and oxygen atoms in total. The minimum atomic E-state index is -4.67. The van der Waals surface area contributed by atoms with E-state index in [4.69, 9.17) is 72.0 Å². The van der Waals surface area contributed by atoms with E-state index < -0.39 is 227 Å². The number of amides is 8. The molecule has 0 bridgehead atoms. The van der Waals surface area contributed by atoms with Crippen LogP contribution in [0.3, 0.4) is 0 Å². The van der Waals surface area contributed by atoms with Gasteiger partial charge in [-0.15, -0.1) is 0 Å². The number of halogens is 12. The van der Waals surface area contributed by atoms with Crippen molar-refractivity contribution in [3.05, 3.63) is 214 Å². The lowest BCUT2D eigenvalue weighted by Gasteiger charge is -2.42. The lowest BCUT2D eigenvalue weighted by molar-refractivity contribution is -0.135. The van der Waals surface area contributed by atoms with Crippen LogP contribution < -0.4 is 40.9 Å². The maximum absolute atomic E-state index is 14.8. The number of ether oxygens (including phenoxy) is 7. The van der Waals surface area contributed by atoms with Crippen LogP contribution in [0, 0.1) is 58.2 Å². The Kier molecular flexibility index (Phi) is 37.1. The van der Waals surface area contributed by atoms with E-state index in [9.17, 15) is 116 Å². The number of hydrogen-bond acceptors (Lipinski definition) is 28. The van der Waals surface area contributed by atoms with Crippen molar-refractivity contribution in [1.82, 2.24) is 68.5 Å². The van der Waals surface area contributed by atoms with Crippen LogP contribution in [-0.2, 0) is 73.5 Å². The topological polar surface area (TPSA) is 482 Å². The molecule has 0 radical (unpaired) electrons. The molecule has 56 heteroatoms. The number of benzene rings is 8. The minimum absolute atomic E-state index is 0.0254. The maximum Gasteiger partial charge on any atom is 0.409 e. The van der Waals surface area contributed by atoms with Crippen LogP contribution in [0.2, 0.25) is 10.0 Å². The molecule has 138 heavy (non-hydrogen) atoms. The minimum Gasteiger partial charge on any atom is -0.451 e. The third-order valence-electron chi connectivity index (χ3n) is 21.0. The van der Waals surface area contributed by atoms with Crippen LogP contribution in [0.15, 0.2) is 165 Å². The molecule has 5 aliphatic heterocycles. The van der Waals surface area contributed by atoms with Crippen molar-refractivity contribution in [3.63, 3.8) is 0 Å². The number of carbonyl (C=O) groups excluding carboxylic acids is 7. The Balaban J connectivity index is 0.000000190. The molecular weight excluding hydrogens is 1990 g/mol. The van der Waals surface area contributed by atoms with Gasteiger partial charge in [0.15, 0.2) is 69.5 Å². The van der Waals surface area contributed by atoms with E-state index in [2.05, 4.69) is 4.90 Å². The molecule has 0 saturated carbocycles. The van der Waals surface area contributed by atoms with Crippen LogP contribution >= 0.6 is 23.2 Å². The molecule has 5 saturated heterocycles. The molecule has 4 atom stereocenters. The van der Waals surface area contributed by atoms with Crippen LogP contribution in [0.1, 0.15) is 6.92 Å². The summed E-state index contributed by atoms with van der Waals surface area (Å²) in [6.07, 6.45) is -1.63. The number of piperazine rings is 5. The largest absolute Gasteiger partial charge is 0.451 e. The van der Waals surface area contributed by atoms with Crippen LogP contribution in [0.4, 0.5) is 58.3 Å². The highest BCUT2D eigenvalue weighted by Crippen LogP contribution is 2.39. The third-order valence-corrected chi connectivity index (χ3v) is 29.0. The summed E-state index contributed by atoms with van der Waals surface area (Å²) in [5, 5.41) is 37.0. The summed E-state index contributed by atoms with van der Waals surface area (Å²) in [5.41, 5.74) is 5.49. The summed E-state index contributed by atoms with van der Waals surface area (Å²) < 4.78 is 287. The zero-order valence-corrected chi connectivity index (χ0v) is 77.3. The van der Waals surface area contributed by atoms with Gasteiger partial charge in [0.25, 0.3) is 23.6 Å². The van der Waals surface area contributed by atoms with E-state index in [1.165, 1.54) is 82.5 Å². The van der Waals surface area contributed by atoms with E-state index in [1.54, 1.807) is 23.8 Å². The van der Waals surface area contributed by atoms with Crippen molar-refractivity contribution in [2.75, 3.05) is 146 Å². The monoisotopic (exact) mass is 2070 g/mol. The van der Waals surface area contributed by atoms with Gasteiger partial charge < -0.3 is 62.6 Å². The fourth-order valence-electron chi connectivity index (χ4n) is 13.9. The summed E-state index contributed by atoms with van der Waals surface area (Å²) in [7, 11) is -13.5. The summed E-state index contributed by atoms with van der Waals surface area (Å²) in [5.74, 6) is -19.5. The number of hydrogen-bond donors (Lipinski definition) is 8. The van der Waals surface area contributed by atoms with E-state index in [0.29, 0.717) is 97.7 Å². The number of methoxy groups -OCH3 is 1. The fourth-order valence-corrected chi connectivity index (χ4v) is 20.5. The summed E-state index contributed by atoms with van der Waals surface area (Å²) in [4.78, 5) is 91.7. The standard InChI is InChI=1S/C23H26ClF2N5O6S.C21H22ClF2N3O8S.C20H20F3N3O7S.C18H18F3N3O5S/c1-28-6-8-29(9-7-28)23(33)30-10-11-31(20(14-30)22(32)27-34)38(35,36)17-12-18(25)21(19(26)13-17)37-16-4-2-15(24)3-5-16;1-33-8-9-34-21(29)26-6-7-27(18(12-26)20(28)25-30)36(31,32)15-10-16(23)19(17(24)11-15)35-14-4-2-13(22)3-5-14;1-2-32-20(28)25-7-8-26(17(11-25)19(27)24-29)34(30,31)14-9-15(22)18(16(23)10-14)33-13-5-3-12(21)4-6-13;1-23-6-7-24(16(10-23)18(25)22-26)30(27,28)13-8-14(20)17(15(21)9-13)29-12-4-2-11(19)3-5-12/h2-5,12-13,20,34H,6-11,14H2,1H3,(H,27,32);2-5,10-11,18,30H,6-9,12H2,1H3,(H,25,28);3-6,9-10,17,29H,2,7-8,11H2,1H3,(H,24,27);2-5,8-9,16,26H,6-7,10H2,1H3,(H,22,25)/t20-;18-;17-;16-/m1111/s1. The normalized spacial score (nSPS) is 17.7. The number of nitrogens with zero attached hydrogens (tertiary/aromatic N) is 10. The van der Waals surface area contributed by atoms with Crippen molar-refractivity contribution >= 4 is 105 Å². The summed E-state index contributed by atoms with van der Waals surface area (Å²) in [6, 6.07) is 17.9. The first-order valence-electron chi connectivity index (χ1n) is 40.6. The van der Waals surface area contributed by atoms with E-state index >= 15 is 0 Å². The lowest BCUT2D eigenvalue weighted by atomic mass is 10.2. The van der Waals surface area contributed by atoms with Gasteiger partial charge in [0.05, 0.1) is 32.8 Å². The molecule has 5 heterocycles. The van der Waals surface area contributed by atoms with Gasteiger partial charge in [0.1, 0.15) is 65.4 Å². The zero-order chi connectivity index (χ0) is 101. The molecule has 0 spiro atoms. The highest BCUT2D eigenvalue weighted by molar-refractivity contribution is 7.90. The molecule has 0 aromatic heterocycles. The fraction of sp³-hybridized carbons (Fsp3) is 0.329. The molecule has 748 valence electrons. The molecule has 5 fully saturated rings. The van der Waals surface area contributed by atoms with Crippen molar-refractivity contribution in [2.24, 2.45) is 0 Å². The van der Waals surface area contributed by atoms with Crippen LogP contribution in [0.5, 0.6) is 46.0 Å². The number of hydroxylamine groups is 4. The van der Waals surface area contributed by atoms with E-state index in [0.717, 1.165) is 62.6 Å². The van der Waals surface area contributed by atoms with E-state index in [1.807, 2.05) is 7.05 Å². The summed E-state index contributed by atoms with van der Waals surface area (Å²) in [6.45, 7) is 1.07. The quantitative estimate of drug-likeness (QED) is 0.0122. The highest BCUT2D eigenvalue weighted by atomic mass is 35.5. The molecule has 13 rings (SSSR count). The first-order valence-corrected chi connectivity index (χ1v) is 47.1. The Hall–Kier alpha value is -12.1. The number of carbonyl (C=O) groups is 7. The number of likely N-dealkylation sites (N-methyl/N-ethyl adjacent to an activating group) is 2. The molecule has 0 unspecified atom stereocenters. The first kappa shape index (κ1) is 108. The van der Waals surface area contributed by atoms with Gasteiger partial charge in [-0.3, -0.25) is 40.0 Å². The van der Waals surface area contributed by atoms with Crippen molar-refractivity contribution < 1.29 is 165 Å². The predicted octanol–water partition coefficient (Wildman–Crippen LogP) is 8.27. The molecule has 8 aromatic rings. The van der Waals surface area contributed by atoms with Crippen molar-refractivity contribution in [1.29, 1.82) is 0 Å². The number of rotatable bonds is 24. The van der Waals surface area contributed by atoms with Crippen molar-refractivity contribution in [2.45, 2.75) is 50.7 Å². The molecule has 0 aliphatic carbocycles. The first-order chi connectivity index (χ1) is 65.3. The average molecular weight is 2070 g/mol. The highest BCUT2D eigenvalue weighted by Gasteiger charge is 2.48. The Morgan fingerprint density at radius 2 is 0.587 bits per heavy atom. The zero-order valence-electron chi connectivity index (χ0n) is 72.5. The number of nitrogens with one attached hydrogen (secondary N) is 4. The Labute approximate surface area is 790 Å². The second kappa shape index (κ2) is 47.5. The molecule has 8 amide bonds. The number of urea groups is 1. The van der Waals surface area contributed by atoms with Gasteiger partial charge in [0, 0.05) is 122 Å². The van der Waals surface area contributed by atoms with Crippen LogP contribution in [0.25, 0.3) is 0 Å². The van der Waals surface area contributed by atoms with Gasteiger partial charge in [-0.05, 0) is 167 Å². The molecule has 8 aromatic carbocycles. The molecule has 8 N–H and O–H groups in total. The third kappa shape index (κ3) is 26.5. The second-order valence-electron chi connectivity index (χ2n) is 30.0. The van der Waals surface area contributed by atoms with Gasteiger partial charge in [-0.1, -0.05) is 23.2 Å². The Morgan fingerprint density at radius 1 is 0.341 bits per heavy atom. The van der Waals surface area contributed by atoms with Gasteiger partial charge >= 0.3 is 18.2 Å². The Bertz CT molecular complexity index is 6150. The SMILES string of the molecule is CCOC(=O)N1CCN(S(=O)(=O)c2cc(F)c(Oc3ccc(F)cc3)c(F)c2)[C@@H](C(=O)NO)C1.CN1CCN(C(=O)N2CCN(S(=O)(=O)c3cc(F)c(Oc4ccc(Cl)cc4)c(F)c3)[C@@H](C(=O)NO)C2)CC1.CN1CCN(S(=O)(=O)c2cc(F)c(Oc3ccc(F)cc3)c(F)c2)[C@@H](C(=O)NO)C1.COCCOC(=O)N1CCN(S(=O)(=O)c2cc(F)c(Oc3ccc(Cl)cc3)c(F)c2)[C@@H](C(=O)NO)C1. The predicted molar refractivity (Wildman–Crippen MR) is 459 cm³/mol. The lowest BCUT2D eigenvalue weighted by Crippen LogP contribution is -2.63.